The van der Waals surface area contributed by atoms with Crippen molar-refractivity contribution in [2.45, 2.75) is 25.4 Å². The van der Waals surface area contributed by atoms with Gasteiger partial charge in [-0.1, -0.05) is 0 Å². The van der Waals surface area contributed by atoms with Crippen molar-refractivity contribution in [3.05, 3.63) is 0 Å². The number of nitrogens with two attached hydrogens (primary N) is 2. The van der Waals surface area contributed by atoms with Crippen LogP contribution in [0.15, 0.2) is 4.99 Å². The summed E-state index contributed by atoms with van der Waals surface area (Å²) in [7, 11) is 0. The molecule has 3 nitrogen and oxygen atoms in total. The second-order valence-corrected chi connectivity index (χ2v) is 3.05. The second-order valence-electron chi connectivity index (χ2n) is 3.05. The molecule has 1 rings (SSSR count). The minimum Gasteiger partial charge on any atom is -0.330 e. The number of nitrogens with zero attached hydrogens (tertiary/aromatic N) is 1. The zero-order valence-corrected chi connectivity index (χ0v) is 6.38. The predicted octanol–water partition coefficient (Wildman–Crippen LogP) is 0.101. The Kier molecular flexibility index (Phi) is 2.06. The molecule has 0 spiro atoms. The smallest absolute Gasteiger partial charge is 0.109 e. The Morgan fingerprint density at radius 2 is 2.50 bits per heavy atom. The number of aliphatic imine (C=N–C) groups is 1. The predicted molar refractivity (Wildman–Crippen MR) is 42.9 cm³/mol. The van der Waals surface area contributed by atoms with Crippen LogP contribution in [0.25, 0.3) is 0 Å². The lowest BCUT2D eigenvalue weighted by molar-refractivity contribution is 0.288. The highest BCUT2D eigenvalue weighted by Crippen LogP contribution is 2.22. The minimum absolute atomic E-state index is 0.359. The highest BCUT2D eigenvalue weighted by molar-refractivity contribution is 5.59. The van der Waals surface area contributed by atoms with Gasteiger partial charge in [-0.15, -0.1) is 0 Å². The Balaban J connectivity index is 2.66. The van der Waals surface area contributed by atoms with Crippen molar-refractivity contribution in [2.75, 3.05) is 6.54 Å². The van der Waals surface area contributed by atoms with E-state index in [-0.39, 0.29) is 0 Å². The van der Waals surface area contributed by atoms with Crippen molar-refractivity contribution in [1.82, 2.24) is 0 Å². The molecule has 0 aromatic rings. The molecule has 58 valence electrons. The van der Waals surface area contributed by atoms with E-state index in [9.17, 15) is 0 Å². The molecule has 3 heteroatoms. The van der Waals surface area contributed by atoms with Gasteiger partial charge < -0.3 is 11.5 Å². The monoisotopic (exact) mass is 141 g/mol. The molecule has 0 bridgehead atoms. The average molecular weight is 141 g/mol. The molecule has 0 aliphatic carbocycles. The molecule has 1 aliphatic heterocycles. The quantitative estimate of drug-likeness (QED) is 0.544. The molecule has 0 aromatic heterocycles. The fourth-order valence-electron chi connectivity index (χ4n) is 1.29. The zero-order valence-electron chi connectivity index (χ0n) is 6.38. The first kappa shape index (κ1) is 7.69. The lowest BCUT2D eigenvalue weighted by Crippen LogP contribution is -2.47. The standard InChI is InChI=1S/C7H15N3/c1-7(9)6(5-8)3-2-4-10-7/h4,6H,2-3,5,8-9H2,1H3. The molecule has 2 atom stereocenters. The maximum absolute atomic E-state index is 5.85. The van der Waals surface area contributed by atoms with E-state index in [2.05, 4.69) is 4.99 Å². The normalized spacial score (nSPS) is 40.1. The number of hydrogen-bond donors (Lipinski definition) is 2. The summed E-state index contributed by atoms with van der Waals surface area (Å²) in [5.41, 5.74) is 11.0. The first-order valence-electron chi connectivity index (χ1n) is 3.69. The Bertz CT molecular complexity index is 140. The summed E-state index contributed by atoms with van der Waals surface area (Å²) >= 11 is 0. The van der Waals surface area contributed by atoms with E-state index in [0.29, 0.717) is 12.5 Å². The molecule has 0 aromatic carbocycles. The van der Waals surface area contributed by atoms with E-state index in [1.165, 1.54) is 0 Å². The number of rotatable bonds is 1. The molecule has 1 aliphatic rings. The summed E-state index contributed by atoms with van der Waals surface area (Å²) in [6.45, 7) is 2.57. The molecular weight excluding hydrogens is 126 g/mol. The third kappa shape index (κ3) is 1.36. The first-order chi connectivity index (χ1) is 4.67. The Hall–Kier alpha value is -0.410. The lowest BCUT2D eigenvalue weighted by Gasteiger charge is -2.32. The molecule has 0 fully saturated rings. The zero-order chi connectivity index (χ0) is 7.61. The fourth-order valence-corrected chi connectivity index (χ4v) is 1.29. The van der Waals surface area contributed by atoms with E-state index >= 15 is 0 Å². The molecule has 2 unspecified atom stereocenters. The van der Waals surface area contributed by atoms with Crippen LogP contribution in [0, 0.1) is 5.92 Å². The van der Waals surface area contributed by atoms with Gasteiger partial charge in [-0.25, -0.2) is 0 Å². The van der Waals surface area contributed by atoms with Gasteiger partial charge >= 0.3 is 0 Å². The van der Waals surface area contributed by atoms with Gasteiger partial charge in [0, 0.05) is 12.1 Å². The minimum atomic E-state index is -0.410. The van der Waals surface area contributed by atoms with Gasteiger partial charge in [-0.2, -0.15) is 0 Å². The second kappa shape index (κ2) is 2.68. The van der Waals surface area contributed by atoms with Gasteiger partial charge in [0.2, 0.25) is 0 Å². The van der Waals surface area contributed by atoms with Crippen molar-refractivity contribution in [3.63, 3.8) is 0 Å². The van der Waals surface area contributed by atoms with Crippen molar-refractivity contribution < 1.29 is 0 Å². The Morgan fingerprint density at radius 1 is 1.80 bits per heavy atom. The van der Waals surface area contributed by atoms with Gasteiger partial charge in [0.15, 0.2) is 0 Å². The molecule has 0 saturated carbocycles. The van der Waals surface area contributed by atoms with Crippen LogP contribution in [0.1, 0.15) is 19.8 Å². The summed E-state index contributed by atoms with van der Waals surface area (Å²) in [5.74, 6) is 0.359. The SMILES string of the molecule is CC1(N)N=CCCC1CN. The summed E-state index contributed by atoms with van der Waals surface area (Å²) in [4.78, 5) is 4.19. The fraction of sp³-hybridized carbons (Fsp3) is 0.857. The van der Waals surface area contributed by atoms with Crippen molar-refractivity contribution in [1.29, 1.82) is 0 Å². The topological polar surface area (TPSA) is 64.4 Å². The summed E-state index contributed by atoms with van der Waals surface area (Å²) in [6, 6.07) is 0. The maximum Gasteiger partial charge on any atom is 0.109 e. The van der Waals surface area contributed by atoms with Crippen molar-refractivity contribution >= 4 is 6.21 Å². The van der Waals surface area contributed by atoms with Crippen LogP contribution >= 0.6 is 0 Å². The molecule has 4 N–H and O–H groups in total. The van der Waals surface area contributed by atoms with Gasteiger partial charge in [-0.3, -0.25) is 4.99 Å². The molecule has 0 radical (unpaired) electrons. The van der Waals surface area contributed by atoms with E-state index < -0.39 is 5.66 Å². The largest absolute Gasteiger partial charge is 0.330 e. The molecule has 0 saturated heterocycles. The van der Waals surface area contributed by atoms with E-state index in [1.54, 1.807) is 0 Å². The summed E-state index contributed by atoms with van der Waals surface area (Å²) in [6.07, 6.45) is 3.99. The van der Waals surface area contributed by atoms with Crippen LogP contribution in [0.3, 0.4) is 0 Å². The summed E-state index contributed by atoms with van der Waals surface area (Å²) < 4.78 is 0. The van der Waals surface area contributed by atoms with E-state index in [0.717, 1.165) is 12.8 Å². The lowest BCUT2D eigenvalue weighted by atomic mass is 9.89. The Morgan fingerprint density at radius 3 is 2.90 bits per heavy atom. The van der Waals surface area contributed by atoms with Crippen LogP contribution in [-0.4, -0.2) is 18.4 Å². The van der Waals surface area contributed by atoms with E-state index in [4.69, 9.17) is 11.5 Å². The molecular formula is C7H15N3. The average Bonchev–Trinajstić information content (AvgIpc) is 1.87. The van der Waals surface area contributed by atoms with Crippen LogP contribution in [0.2, 0.25) is 0 Å². The van der Waals surface area contributed by atoms with Gasteiger partial charge in [0.25, 0.3) is 0 Å². The van der Waals surface area contributed by atoms with Crippen molar-refractivity contribution in [3.8, 4) is 0 Å². The Labute approximate surface area is 61.5 Å². The van der Waals surface area contributed by atoms with Crippen LogP contribution in [0.4, 0.5) is 0 Å². The highest BCUT2D eigenvalue weighted by atomic mass is 15.0. The summed E-state index contributed by atoms with van der Waals surface area (Å²) in [5, 5.41) is 0. The third-order valence-electron chi connectivity index (χ3n) is 2.12. The van der Waals surface area contributed by atoms with E-state index in [1.807, 2.05) is 13.1 Å². The van der Waals surface area contributed by atoms with Gasteiger partial charge in [0.05, 0.1) is 0 Å². The van der Waals surface area contributed by atoms with Gasteiger partial charge in [-0.05, 0) is 26.3 Å². The third-order valence-corrected chi connectivity index (χ3v) is 2.12. The molecule has 1 heterocycles. The molecule has 0 amide bonds. The number of hydrogen-bond acceptors (Lipinski definition) is 3. The first-order valence-corrected chi connectivity index (χ1v) is 3.69. The van der Waals surface area contributed by atoms with Crippen LogP contribution in [0.5, 0.6) is 0 Å². The maximum atomic E-state index is 5.85. The van der Waals surface area contributed by atoms with Crippen LogP contribution < -0.4 is 11.5 Å². The van der Waals surface area contributed by atoms with Crippen LogP contribution in [-0.2, 0) is 0 Å². The highest BCUT2D eigenvalue weighted by Gasteiger charge is 2.29. The van der Waals surface area contributed by atoms with Gasteiger partial charge in [0.1, 0.15) is 5.66 Å². The molecule has 10 heavy (non-hydrogen) atoms. The van der Waals surface area contributed by atoms with Crippen molar-refractivity contribution in [2.24, 2.45) is 22.4 Å².